The van der Waals surface area contributed by atoms with Crippen LogP contribution in [0.4, 0.5) is 0 Å². The van der Waals surface area contributed by atoms with Crippen LogP contribution in [0.25, 0.3) is 33.2 Å². The number of likely N-dealkylation sites (tertiary alicyclic amines) is 1. The van der Waals surface area contributed by atoms with Crippen LogP contribution in [0.5, 0.6) is 0 Å². The standard InChI is InChI=1S/C25H30N6O/c26-9-4-10-27-25(32)18-6-8-22-20(14-18)24(30-29-22)23-15-19-13-17(5-7-21(19)28-23)16-31-11-2-1-3-12-31/h5-8,13-15,28H,1-4,9-12,16,26H2,(H,27,32)(H,29,30). The number of hydrogen-bond donors (Lipinski definition) is 4. The molecular weight excluding hydrogens is 400 g/mol. The van der Waals surface area contributed by atoms with Gasteiger partial charge in [-0.3, -0.25) is 14.8 Å². The van der Waals surface area contributed by atoms with Crippen molar-refractivity contribution in [3.63, 3.8) is 0 Å². The minimum Gasteiger partial charge on any atom is -0.353 e. The number of hydrogen-bond acceptors (Lipinski definition) is 4. The van der Waals surface area contributed by atoms with Crippen LogP contribution in [0.1, 0.15) is 41.6 Å². The van der Waals surface area contributed by atoms with Gasteiger partial charge in [0.15, 0.2) is 0 Å². The van der Waals surface area contributed by atoms with Crippen molar-refractivity contribution in [3.05, 3.63) is 53.6 Å². The molecule has 7 heteroatoms. The zero-order valence-corrected chi connectivity index (χ0v) is 18.3. The number of benzene rings is 2. The highest BCUT2D eigenvalue weighted by molar-refractivity contribution is 6.02. The average Bonchev–Trinajstić information content (AvgIpc) is 3.43. The number of aromatic nitrogens is 3. The van der Waals surface area contributed by atoms with Crippen molar-refractivity contribution < 1.29 is 4.79 Å². The molecule has 1 aliphatic rings. The van der Waals surface area contributed by atoms with Crippen LogP contribution in [0, 0.1) is 0 Å². The molecule has 1 fully saturated rings. The van der Waals surface area contributed by atoms with Gasteiger partial charge in [-0.2, -0.15) is 5.10 Å². The summed E-state index contributed by atoms with van der Waals surface area (Å²) < 4.78 is 0. The summed E-state index contributed by atoms with van der Waals surface area (Å²) in [5.41, 5.74) is 11.2. The molecule has 0 bridgehead atoms. The van der Waals surface area contributed by atoms with E-state index in [1.54, 1.807) is 0 Å². The van der Waals surface area contributed by atoms with E-state index in [1.165, 1.54) is 43.3 Å². The Kier molecular flexibility index (Phi) is 5.92. The number of carbonyl (C=O) groups excluding carboxylic acids is 1. The molecular formula is C25H30N6O. The van der Waals surface area contributed by atoms with Gasteiger partial charge in [-0.1, -0.05) is 12.5 Å². The Morgan fingerprint density at radius 1 is 1.06 bits per heavy atom. The first-order chi connectivity index (χ1) is 15.7. The summed E-state index contributed by atoms with van der Waals surface area (Å²) >= 11 is 0. The predicted molar refractivity (Wildman–Crippen MR) is 129 cm³/mol. The summed E-state index contributed by atoms with van der Waals surface area (Å²) in [5.74, 6) is -0.0912. The van der Waals surface area contributed by atoms with Crippen molar-refractivity contribution in [1.29, 1.82) is 0 Å². The fourth-order valence-electron chi connectivity index (χ4n) is 4.55. The normalized spacial score (nSPS) is 14.9. The Bertz CT molecular complexity index is 1230. The largest absolute Gasteiger partial charge is 0.353 e. The van der Waals surface area contributed by atoms with Gasteiger partial charge in [0.25, 0.3) is 5.91 Å². The molecule has 0 radical (unpaired) electrons. The van der Waals surface area contributed by atoms with Gasteiger partial charge < -0.3 is 16.0 Å². The molecule has 1 amide bonds. The fraction of sp³-hybridized carbons (Fsp3) is 0.360. The number of carbonyl (C=O) groups is 1. The first-order valence-electron chi connectivity index (χ1n) is 11.5. The third-order valence-corrected chi connectivity index (χ3v) is 6.29. The molecule has 7 nitrogen and oxygen atoms in total. The van der Waals surface area contributed by atoms with Gasteiger partial charge in [-0.15, -0.1) is 0 Å². The maximum Gasteiger partial charge on any atom is 0.251 e. The highest BCUT2D eigenvalue weighted by Gasteiger charge is 2.15. The minimum atomic E-state index is -0.0912. The number of rotatable bonds is 7. The van der Waals surface area contributed by atoms with Gasteiger partial charge in [0.05, 0.1) is 11.2 Å². The molecule has 0 unspecified atom stereocenters. The second kappa shape index (κ2) is 9.14. The lowest BCUT2D eigenvalue weighted by Crippen LogP contribution is -2.28. The van der Waals surface area contributed by atoms with Crippen molar-refractivity contribution >= 4 is 27.7 Å². The van der Waals surface area contributed by atoms with E-state index in [0.717, 1.165) is 40.8 Å². The van der Waals surface area contributed by atoms with Crippen LogP contribution in [-0.2, 0) is 6.54 Å². The fourth-order valence-corrected chi connectivity index (χ4v) is 4.55. The molecule has 5 rings (SSSR count). The van der Waals surface area contributed by atoms with Crippen LogP contribution < -0.4 is 11.1 Å². The van der Waals surface area contributed by atoms with Gasteiger partial charge >= 0.3 is 0 Å². The maximum absolute atomic E-state index is 12.5. The molecule has 0 atom stereocenters. The van der Waals surface area contributed by atoms with Crippen LogP contribution >= 0.6 is 0 Å². The molecule has 0 saturated carbocycles. The molecule has 2 aromatic carbocycles. The lowest BCUT2D eigenvalue weighted by Gasteiger charge is -2.26. The zero-order valence-electron chi connectivity index (χ0n) is 18.3. The maximum atomic E-state index is 12.5. The second-order valence-electron chi connectivity index (χ2n) is 8.67. The van der Waals surface area contributed by atoms with E-state index in [1.807, 2.05) is 18.2 Å². The summed E-state index contributed by atoms with van der Waals surface area (Å²) in [7, 11) is 0. The number of amides is 1. The van der Waals surface area contributed by atoms with Crippen molar-refractivity contribution in [2.24, 2.45) is 5.73 Å². The topological polar surface area (TPSA) is 103 Å². The lowest BCUT2D eigenvalue weighted by atomic mass is 10.1. The van der Waals surface area contributed by atoms with E-state index in [4.69, 9.17) is 5.73 Å². The molecule has 0 spiro atoms. The van der Waals surface area contributed by atoms with E-state index < -0.39 is 0 Å². The number of aromatic amines is 2. The smallest absolute Gasteiger partial charge is 0.251 e. The van der Waals surface area contributed by atoms with Crippen LogP contribution in [0.2, 0.25) is 0 Å². The first-order valence-corrected chi connectivity index (χ1v) is 11.5. The molecule has 0 aliphatic carbocycles. The summed E-state index contributed by atoms with van der Waals surface area (Å²) in [4.78, 5) is 18.5. The van der Waals surface area contributed by atoms with Gasteiger partial charge in [0.2, 0.25) is 0 Å². The highest BCUT2D eigenvalue weighted by atomic mass is 16.1. The summed E-state index contributed by atoms with van der Waals surface area (Å²) in [6.45, 7) is 4.53. The molecule has 2 aromatic heterocycles. The average molecular weight is 431 g/mol. The summed E-state index contributed by atoms with van der Waals surface area (Å²) in [6.07, 6.45) is 4.72. The third kappa shape index (κ3) is 4.26. The quantitative estimate of drug-likeness (QED) is 0.335. The van der Waals surface area contributed by atoms with E-state index >= 15 is 0 Å². The first kappa shape index (κ1) is 20.7. The van der Waals surface area contributed by atoms with Crippen molar-refractivity contribution in [1.82, 2.24) is 25.4 Å². The highest BCUT2D eigenvalue weighted by Crippen LogP contribution is 2.30. The SMILES string of the molecule is NCCCNC(=O)c1ccc2[nH]nc(-c3cc4cc(CN5CCCCC5)ccc4[nH]3)c2c1. The monoisotopic (exact) mass is 430 g/mol. The Morgan fingerprint density at radius 2 is 1.91 bits per heavy atom. The lowest BCUT2D eigenvalue weighted by molar-refractivity contribution is 0.0953. The van der Waals surface area contributed by atoms with E-state index in [9.17, 15) is 4.79 Å². The number of fused-ring (bicyclic) bond motifs is 2. The number of nitrogens with zero attached hydrogens (tertiary/aromatic N) is 2. The summed E-state index contributed by atoms with van der Waals surface area (Å²) in [5, 5.41) is 12.7. The Hall–Kier alpha value is -3.16. The van der Waals surface area contributed by atoms with Gasteiger partial charge in [-0.05, 0) is 80.9 Å². The van der Waals surface area contributed by atoms with Gasteiger partial charge in [0, 0.05) is 34.9 Å². The van der Waals surface area contributed by atoms with Crippen molar-refractivity contribution in [2.75, 3.05) is 26.2 Å². The number of nitrogens with two attached hydrogens (primary N) is 1. The summed E-state index contributed by atoms with van der Waals surface area (Å²) in [6, 6.07) is 14.4. The Labute approximate surface area is 187 Å². The zero-order chi connectivity index (χ0) is 21.9. The van der Waals surface area contributed by atoms with Crippen LogP contribution in [0.15, 0.2) is 42.5 Å². The molecule has 3 heterocycles. The third-order valence-electron chi connectivity index (χ3n) is 6.29. The van der Waals surface area contributed by atoms with E-state index in [-0.39, 0.29) is 5.91 Å². The molecule has 5 N–H and O–H groups in total. The second-order valence-corrected chi connectivity index (χ2v) is 8.67. The number of piperidine rings is 1. The van der Waals surface area contributed by atoms with Crippen molar-refractivity contribution in [3.8, 4) is 11.4 Å². The molecule has 1 aliphatic heterocycles. The molecule has 32 heavy (non-hydrogen) atoms. The minimum absolute atomic E-state index is 0.0912. The van der Waals surface area contributed by atoms with E-state index in [0.29, 0.717) is 18.7 Å². The van der Waals surface area contributed by atoms with Crippen LogP contribution in [-0.4, -0.2) is 52.2 Å². The van der Waals surface area contributed by atoms with Crippen LogP contribution in [0.3, 0.4) is 0 Å². The Balaban J connectivity index is 1.41. The predicted octanol–water partition coefficient (Wildman–Crippen LogP) is 3.78. The molecule has 166 valence electrons. The van der Waals surface area contributed by atoms with E-state index in [2.05, 4.69) is 49.7 Å². The van der Waals surface area contributed by atoms with Crippen molar-refractivity contribution in [2.45, 2.75) is 32.2 Å². The molecule has 1 saturated heterocycles. The number of nitrogens with one attached hydrogen (secondary N) is 3. The van der Waals surface area contributed by atoms with Gasteiger partial charge in [-0.25, -0.2) is 0 Å². The van der Waals surface area contributed by atoms with Gasteiger partial charge in [0.1, 0.15) is 5.69 Å². The Morgan fingerprint density at radius 3 is 2.75 bits per heavy atom. The number of H-pyrrole nitrogens is 2. The molecule has 4 aromatic rings.